The average Bonchev–Trinajstić information content (AvgIpc) is 1.78. The zero-order valence-electron chi connectivity index (χ0n) is 5.82. The minimum Gasteiger partial charge on any atom is -0.0774 e. The molecule has 0 saturated heterocycles. The topological polar surface area (TPSA) is 0 Å². The van der Waals surface area contributed by atoms with Crippen molar-refractivity contribution >= 4 is 15.9 Å². The number of halogens is 1. The summed E-state index contributed by atoms with van der Waals surface area (Å²) in [6.07, 6.45) is 7.70. The predicted molar refractivity (Wildman–Crippen MR) is 44.5 cm³/mol. The summed E-state index contributed by atoms with van der Waals surface area (Å²) in [5.74, 6) is 0. The highest BCUT2D eigenvalue weighted by Gasteiger charge is 2.14. The smallest absolute Gasteiger partial charge is 0.0132 e. The van der Waals surface area contributed by atoms with Crippen molar-refractivity contribution in [1.29, 1.82) is 0 Å². The van der Waals surface area contributed by atoms with E-state index in [9.17, 15) is 0 Å². The molecule has 9 heavy (non-hydrogen) atoms. The Bertz CT molecular complexity index is 163. The van der Waals surface area contributed by atoms with Crippen molar-refractivity contribution in [2.75, 3.05) is 0 Å². The van der Waals surface area contributed by atoms with Crippen LogP contribution in [0.15, 0.2) is 22.7 Å². The highest BCUT2D eigenvalue weighted by atomic mass is 79.9. The molecular formula is C8H11Br. The zero-order chi connectivity index (χ0) is 6.91. The van der Waals surface area contributed by atoms with Crippen molar-refractivity contribution in [1.82, 2.24) is 0 Å². The van der Waals surface area contributed by atoms with Crippen molar-refractivity contribution < 1.29 is 0 Å². The van der Waals surface area contributed by atoms with Gasteiger partial charge in [-0.15, -0.1) is 0 Å². The fourth-order valence-electron chi connectivity index (χ4n) is 0.802. The summed E-state index contributed by atoms with van der Waals surface area (Å²) in [7, 11) is 0. The van der Waals surface area contributed by atoms with Gasteiger partial charge in [0.2, 0.25) is 0 Å². The summed E-state index contributed by atoms with van der Waals surface area (Å²) >= 11 is 3.41. The molecule has 1 rings (SSSR count). The van der Waals surface area contributed by atoms with E-state index in [0.29, 0.717) is 5.41 Å². The first-order chi connectivity index (χ1) is 4.10. The normalized spacial score (nSPS) is 23.7. The lowest BCUT2D eigenvalue weighted by molar-refractivity contribution is 0.484. The molecule has 0 bridgehead atoms. The monoisotopic (exact) mass is 186 g/mol. The van der Waals surface area contributed by atoms with E-state index in [1.54, 1.807) is 0 Å². The summed E-state index contributed by atoms with van der Waals surface area (Å²) < 4.78 is 1.21. The van der Waals surface area contributed by atoms with Crippen LogP contribution in [0.25, 0.3) is 0 Å². The summed E-state index contributed by atoms with van der Waals surface area (Å²) in [5.41, 5.74) is 0.372. The maximum Gasteiger partial charge on any atom is 0.0132 e. The number of allylic oxidation sites excluding steroid dienone is 4. The van der Waals surface area contributed by atoms with E-state index < -0.39 is 0 Å². The Balaban J connectivity index is 2.70. The zero-order valence-corrected chi connectivity index (χ0v) is 7.40. The Morgan fingerprint density at radius 2 is 2.22 bits per heavy atom. The summed E-state index contributed by atoms with van der Waals surface area (Å²) in [6.45, 7) is 4.47. The van der Waals surface area contributed by atoms with Crippen molar-refractivity contribution in [2.24, 2.45) is 5.41 Å². The van der Waals surface area contributed by atoms with E-state index in [4.69, 9.17) is 0 Å². The Kier molecular flexibility index (Phi) is 1.80. The molecule has 0 heterocycles. The van der Waals surface area contributed by atoms with Gasteiger partial charge >= 0.3 is 0 Å². The fourth-order valence-corrected chi connectivity index (χ4v) is 1.10. The number of hydrogen-bond acceptors (Lipinski definition) is 0. The first-order valence-corrected chi connectivity index (χ1v) is 3.94. The Hall–Kier alpha value is -0.0400. The van der Waals surface area contributed by atoms with Gasteiger partial charge in [0.05, 0.1) is 0 Å². The molecule has 0 aromatic carbocycles. The molecule has 0 N–H and O–H groups in total. The van der Waals surface area contributed by atoms with E-state index >= 15 is 0 Å². The van der Waals surface area contributed by atoms with E-state index in [0.717, 1.165) is 6.42 Å². The molecule has 0 amide bonds. The van der Waals surface area contributed by atoms with Gasteiger partial charge in [0, 0.05) is 4.48 Å². The van der Waals surface area contributed by atoms with Crippen LogP contribution >= 0.6 is 15.9 Å². The van der Waals surface area contributed by atoms with Gasteiger partial charge in [-0.25, -0.2) is 0 Å². The van der Waals surface area contributed by atoms with Gasteiger partial charge in [-0.3, -0.25) is 0 Å². The van der Waals surface area contributed by atoms with Crippen molar-refractivity contribution in [3.05, 3.63) is 22.7 Å². The standard InChI is InChI=1S/C8H11Br/c1-8(2)5-3-7(9)4-6-8/h3-5H,6H2,1-2H3. The van der Waals surface area contributed by atoms with Crippen LogP contribution in [0.1, 0.15) is 20.3 Å². The molecule has 0 aromatic rings. The van der Waals surface area contributed by atoms with Crippen LogP contribution in [0.5, 0.6) is 0 Å². The lowest BCUT2D eigenvalue weighted by Gasteiger charge is -2.20. The van der Waals surface area contributed by atoms with Crippen LogP contribution in [-0.4, -0.2) is 0 Å². The van der Waals surface area contributed by atoms with E-state index in [2.05, 4.69) is 48.0 Å². The molecule has 1 aliphatic rings. The van der Waals surface area contributed by atoms with Crippen LogP contribution in [0.2, 0.25) is 0 Å². The minimum absolute atomic E-state index is 0.372. The second-order valence-electron chi connectivity index (χ2n) is 3.12. The Morgan fingerprint density at radius 3 is 2.56 bits per heavy atom. The third-order valence-electron chi connectivity index (χ3n) is 1.52. The van der Waals surface area contributed by atoms with Crippen LogP contribution in [0.3, 0.4) is 0 Å². The van der Waals surface area contributed by atoms with Gasteiger partial charge in [-0.05, 0) is 11.8 Å². The quantitative estimate of drug-likeness (QED) is 0.546. The number of hydrogen-bond donors (Lipinski definition) is 0. The second kappa shape index (κ2) is 2.30. The second-order valence-corrected chi connectivity index (χ2v) is 4.03. The van der Waals surface area contributed by atoms with Gasteiger partial charge in [-0.2, -0.15) is 0 Å². The summed E-state index contributed by atoms with van der Waals surface area (Å²) in [5, 5.41) is 0. The molecule has 0 aliphatic heterocycles. The fraction of sp³-hybridized carbons (Fsp3) is 0.500. The lowest BCUT2D eigenvalue weighted by atomic mass is 9.86. The van der Waals surface area contributed by atoms with Crippen molar-refractivity contribution in [3.8, 4) is 0 Å². The summed E-state index contributed by atoms with van der Waals surface area (Å²) in [6, 6.07) is 0. The van der Waals surface area contributed by atoms with Crippen LogP contribution in [0, 0.1) is 5.41 Å². The lowest BCUT2D eigenvalue weighted by Crippen LogP contribution is -2.07. The van der Waals surface area contributed by atoms with E-state index in [1.807, 2.05) is 0 Å². The highest BCUT2D eigenvalue weighted by Crippen LogP contribution is 2.29. The highest BCUT2D eigenvalue weighted by molar-refractivity contribution is 9.11. The maximum atomic E-state index is 3.41. The van der Waals surface area contributed by atoms with Gasteiger partial charge in [-0.1, -0.05) is 48.0 Å². The maximum absolute atomic E-state index is 3.41. The van der Waals surface area contributed by atoms with Crippen LogP contribution < -0.4 is 0 Å². The molecule has 0 atom stereocenters. The molecule has 0 saturated carbocycles. The third kappa shape index (κ3) is 1.98. The van der Waals surface area contributed by atoms with E-state index in [1.165, 1.54) is 4.48 Å². The molecule has 1 heteroatoms. The largest absolute Gasteiger partial charge is 0.0774 e. The number of rotatable bonds is 0. The molecular weight excluding hydrogens is 176 g/mol. The first kappa shape index (κ1) is 7.07. The summed E-state index contributed by atoms with van der Waals surface area (Å²) in [4.78, 5) is 0. The van der Waals surface area contributed by atoms with Crippen LogP contribution in [0.4, 0.5) is 0 Å². The van der Waals surface area contributed by atoms with Gasteiger partial charge in [0.15, 0.2) is 0 Å². The minimum atomic E-state index is 0.372. The van der Waals surface area contributed by atoms with Crippen molar-refractivity contribution in [3.63, 3.8) is 0 Å². The molecule has 0 fully saturated rings. The van der Waals surface area contributed by atoms with E-state index in [-0.39, 0.29) is 0 Å². The molecule has 0 spiro atoms. The molecule has 0 aromatic heterocycles. The SMILES string of the molecule is CC1(C)C=CC(Br)=CC1. The third-order valence-corrected chi connectivity index (χ3v) is 2.10. The van der Waals surface area contributed by atoms with Gasteiger partial charge in [0.1, 0.15) is 0 Å². The molecule has 1 aliphatic carbocycles. The predicted octanol–water partition coefficient (Wildman–Crippen LogP) is 3.25. The van der Waals surface area contributed by atoms with Crippen molar-refractivity contribution in [2.45, 2.75) is 20.3 Å². The van der Waals surface area contributed by atoms with Crippen LogP contribution in [-0.2, 0) is 0 Å². The Labute approximate surface area is 64.8 Å². The molecule has 0 radical (unpaired) electrons. The Morgan fingerprint density at radius 1 is 1.56 bits per heavy atom. The molecule has 0 unspecified atom stereocenters. The van der Waals surface area contributed by atoms with Gasteiger partial charge in [0.25, 0.3) is 0 Å². The first-order valence-electron chi connectivity index (χ1n) is 3.15. The molecule has 0 nitrogen and oxygen atoms in total. The average molecular weight is 187 g/mol. The molecule has 50 valence electrons. The van der Waals surface area contributed by atoms with Gasteiger partial charge < -0.3 is 0 Å².